The number of carbonyl (C=O) groups excluding carboxylic acids is 1. The van der Waals surface area contributed by atoms with Gasteiger partial charge in [0.25, 0.3) is 0 Å². The maximum Gasteiger partial charge on any atom is 0.305 e. The van der Waals surface area contributed by atoms with Gasteiger partial charge in [-0.3, -0.25) is 14.9 Å². The van der Waals surface area contributed by atoms with Crippen molar-refractivity contribution in [2.45, 2.75) is 6.61 Å². The molecule has 0 spiro atoms. The first-order valence-electron chi connectivity index (χ1n) is 5.93. The fourth-order valence-electron chi connectivity index (χ4n) is 1.71. The predicted octanol–water partition coefficient (Wildman–Crippen LogP) is 2.41. The quantitative estimate of drug-likeness (QED) is 0.675. The van der Waals surface area contributed by atoms with Gasteiger partial charge < -0.3 is 10.5 Å². The molecule has 6 nitrogen and oxygen atoms in total. The number of hydrogen-bond donors (Lipinski definition) is 1. The van der Waals surface area contributed by atoms with Gasteiger partial charge >= 0.3 is 5.69 Å². The van der Waals surface area contributed by atoms with Crippen molar-refractivity contribution in [3.05, 3.63) is 69.5 Å². The Bertz CT molecular complexity index is 703. The SMILES string of the molecule is NC(=O)c1cccc(COc2ccc([N+](=O)[O-])c(F)c2)c1. The molecule has 2 aromatic rings. The molecule has 108 valence electrons. The minimum atomic E-state index is -0.969. The van der Waals surface area contributed by atoms with Crippen LogP contribution in [0.5, 0.6) is 5.75 Å². The van der Waals surface area contributed by atoms with E-state index < -0.39 is 22.3 Å². The molecule has 0 aliphatic rings. The number of carbonyl (C=O) groups is 1. The second kappa shape index (κ2) is 6.00. The van der Waals surface area contributed by atoms with Crippen molar-refractivity contribution in [1.29, 1.82) is 0 Å². The number of amides is 1. The highest BCUT2D eigenvalue weighted by atomic mass is 19.1. The van der Waals surface area contributed by atoms with Crippen LogP contribution >= 0.6 is 0 Å². The van der Waals surface area contributed by atoms with Crippen LogP contribution in [0.3, 0.4) is 0 Å². The van der Waals surface area contributed by atoms with Crippen LogP contribution in [0.2, 0.25) is 0 Å². The van der Waals surface area contributed by atoms with Crippen molar-refractivity contribution < 1.29 is 18.8 Å². The van der Waals surface area contributed by atoms with E-state index in [4.69, 9.17) is 10.5 Å². The Morgan fingerprint density at radius 3 is 2.67 bits per heavy atom. The summed E-state index contributed by atoms with van der Waals surface area (Å²) >= 11 is 0. The molecule has 0 fully saturated rings. The van der Waals surface area contributed by atoms with E-state index in [-0.39, 0.29) is 12.4 Å². The van der Waals surface area contributed by atoms with Crippen molar-refractivity contribution in [3.63, 3.8) is 0 Å². The minimum Gasteiger partial charge on any atom is -0.489 e. The summed E-state index contributed by atoms with van der Waals surface area (Å²) in [6.07, 6.45) is 0. The molecule has 0 bridgehead atoms. The van der Waals surface area contributed by atoms with Crippen LogP contribution in [0.25, 0.3) is 0 Å². The molecule has 2 N–H and O–H groups in total. The number of primary amides is 1. The highest BCUT2D eigenvalue weighted by molar-refractivity contribution is 5.92. The first-order chi connectivity index (χ1) is 9.97. The average molecular weight is 290 g/mol. The van der Waals surface area contributed by atoms with Crippen molar-refractivity contribution in [2.75, 3.05) is 0 Å². The van der Waals surface area contributed by atoms with Gasteiger partial charge in [-0.05, 0) is 23.8 Å². The van der Waals surface area contributed by atoms with E-state index in [0.717, 1.165) is 12.1 Å². The molecule has 0 unspecified atom stereocenters. The van der Waals surface area contributed by atoms with Crippen molar-refractivity contribution in [2.24, 2.45) is 5.73 Å². The second-order valence-electron chi connectivity index (χ2n) is 4.22. The molecule has 2 rings (SSSR count). The number of nitrogens with zero attached hydrogens (tertiary/aromatic N) is 1. The van der Waals surface area contributed by atoms with E-state index in [1.54, 1.807) is 24.3 Å². The third-order valence-electron chi connectivity index (χ3n) is 2.73. The standard InChI is InChI=1S/C14H11FN2O4/c15-12-7-11(4-5-13(12)17(19)20)21-8-9-2-1-3-10(6-9)14(16)18/h1-7H,8H2,(H2,16,18). The summed E-state index contributed by atoms with van der Waals surface area (Å²) in [7, 11) is 0. The summed E-state index contributed by atoms with van der Waals surface area (Å²) in [6, 6.07) is 9.77. The van der Waals surface area contributed by atoms with Gasteiger partial charge in [-0.1, -0.05) is 12.1 Å². The largest absolute Gasteiger partial charge is 0.489 e. The molecule has 0 atom stereocenters. The molecular formula is C14H11FN2O4. The third kappa shape index (κ3) is 3.53. The highest BCUT2D eigenvalue weighted by Crippen LogP contribution is 2.23. The van der Waals surface area contributed by atoms with Crippen LogP contribution in [-0.2, 0) is 6.61 Å². The lowest BCUT2D eigenvalue weighted by Crippen LogP contribution is -2.11. The molecule has 1 amide bonds. The van der Waals surface area contributed by atoms with Gasteiger partial charge in [-0.15, -0.1) is 0 Å². The number of benzene rings is 2. The Morgan fingerprint density at radius 2 is 2.05 bits per heavy atom. The van der Waals surface area contributed by atoms with Crippen LogP contribution in [0.1, 0.15) is 15.9 Å². The Labute approximate surface area is 119 Å². The highest BCUT2D eigenvalue weighted by Gasteiger charge is 2.14. The smallest absolute Gasteiger partial charge is 0.305 e. The van der Waals surface area contributed by atoms with E-state index in [1.807, 2.05) is 0 Å². The Morgan fingerprint density at radius 1 is 1.29 bits per heavy atom. The van der Waals surface area contributed by atoms with Crippen LogP contribution in [0.4, 0.5) is 10.1 Å². The predicted molar refractivity (Wildman–Crippen MR) is 72.3 cm³/mol. The zero-order valence-electron chi connectivity index (χ0n) is 10.8. The average Bonchev–Trinajstić information content (AvgIpc) is 2.45. The van der Waals surface area contributed by atoms with E-state index >= 15 is 0 Å². The monoisotopic (exact) mass is 290 g/mol. The number of nitrogens with two attached hydrogens (primary N) is 1. The van der Waals surface area contributed by atoms with Crippen molar-refractivity contribution in [1.82, 2.24) is 0 Å². The summed E-state index contributed by atoms with van der Waals surface area (Å²) in [4.78, 5) is 20.7. The number of ether oxygens (including phenoxy) is 1. The lowest BCUT2D eigenvalue weighted by atomic mass is 10.1. The van der Waals surface area contributed by atoms with Gasteiger partial charge in [0.15, 0.2) is 0 Å². The number of halogens is 1. The lowest BCUT2D eigenvalue weighted by molar-refractivity contribution is -0.387. The molecule has 2 aromatic carbocycles. The normalized spacial score (nSPS) is 10.1. The van der Waals surface area contributed by atoms with Crippen LogP contribution in [0.15, 0.2) is 42.5 Å². The molecule has 0 aliphatic heterocycles. The van der Waals surface area contributed by atoms with Gasteiger partial charge in [0.05, 0.1) is 4.92 Å². The third-order valence-corrected chi connectivity index (χ3v) is 2.73. The Kier molecular flexibility index (Phi) is 4.13. The minimum absolute atomic E-state index is 0.0817. The molecular weight excluding hydrogens is 279 g/mol. The van der Waals surface area contributed by atoms with Gasteiger partial charge in [0.2, 0.25) is 11.7 Å². The van der Waals surface area contributed by atoms with Gasteiger partial charge in [0.1, 0.15) is 12.4 Å². The van der Waals surface area contributed by atoms with E-state index in [1.165, 1.54) is 6.07 Å². The fourth-order valence-corrected chi connectivity index (χ4v) is 1.71. The van der Waals surface area contributed by atoms with Crippen molar-refractivity contribution >= 4 is 11.6 Å². The molecule has 0 heterocycles. The van der Waals surface area contributed by atoms with Gasteiger partial charge in [-0.25, -0.2) is 0 Å². The maximum atomic E-state index is 13.4. The Hall–Kier alpha value is -2.96. The molecule has 0 saturated heterocycles. The summed E-state index contributed by atoms with van der Waals surface area (Å²) in [5.74, 6) is -1.37. The summed E-state index contributed by atoms with van der Waals surface area (Å²) < 4.78 is 18.7. The second-order valence-corrected chi connectivity index (χ2v) is 4.22. The lowest BCUT2D eigenvalue weighted by Gasteiger charge is -2.07. The topological polar surface area (TPSA) is 95.5 Å². The zero-order valence-corrected chi connectivity index (χ0v) is 10.8. The zero-order chi connectivity index (χ0) is 15.4. The van der Waals surface area contributed by atoms with E-state index in [9.17, 15) is 19.3 Å². The van der Waals surface area contributed by atoms with Crippen LogP contribution < -0.4 is 10.5 Å². The number of nitro groups is 1. The van der Waals surface area contributed by atoms with Crippen LogP contribution in [-0.4, -0.2) is 10.8 Å². The summed E-state index contributed by atoms with van der Waals surface area (Å²) in [6.45, 7) is 0.0817. The van der Waals surface area contributed by atoms with Crippen molar-refractivity contribution in [3.8, 4) is 5.75 Å². The fraction of sp³-hybridized carbons (Fsp3) is 0.0714. The van der Waals surface area contributed by atoms with E-state index in [0.29, 0.717) is 11.1 Å². The molecule has 7 heteroatoms. The number of hydrogen-bond acceptors (Lipinski definition) is 4. The molecule has 21 heavy (non-hydrogen) atoms. The summed E-state index contributed by atoms with van der Waals surface area (Å²) in [5, 5.41) is 10.5. The summed E-state index contributed by atoms with van der Waals surface area (Å²) in [5.41, 5.74) is 5.56. The first-order valence-corrected chi connectivity index (χ1v) is 5.93. The number of nitro benzene ring substituents is 1. The Balaban J connectivity index is 2.10. The van der Waals surface area contributed by atoms with Gasteiger partial charge in [0, 0.05) is 17.7 Å². The van der Waals surface area contributed by atoms with E-state index in [2.05, 4.69) is 0 Å². The van der Waals surface area contributed by atoms with Gasteiger partial charge in [-0.2, -0.15) is 4.39 Å². The molecule has 0 radical (unpaired) electrons. The van der Waals surface area contributed by atoms with Crippen LogP contribution in [0, 0.1) is 15.9 Å². The molecule has 0 aliphatic carbocycles. The first kappa shape index (κ1) is 14.4. The molecule has 0 saturated carbocycles. The number of rotatable bonds is 5. The maximum absolute atomic E-state index is 13.4. The molecule has 0 aromatic heterocycles.